The van der Waals surface area contributed by atoms with Gasteiger partial charge in [0.25, 0.3) is 0 Å². The van der Waals surface area contributed by atoms with Crippen LogP contribution in [0.2, 0.25) is 0 Å². The van der Waals surface area contributed by atoms with Crippen molar-refractivity contribution in [1.82, 2.24) is 0 Å². The van der Waals surface area contributed by atoms with Crippen LogP contribution >= 0.6 is 0 Å². The molecule has 0 heterocycles. The molecule has 1 rings (SSSR count). The molecule has 2 nitrogen and oxygen atoms in total. The number of ether oxygens (including phenoxy) is 1. The van der Waals surface area contributed by atoms with Crippen molar-refractivity contribution in [3.8, 4) is 5.75 Å². The van der Waals surface area contributed by atoms with Gasteiger partial charge in [0.15, 0.2) is 6.29 Å². The van der Waals surface area contributed by atoms with Gasteiger partial charge in [-0.15, -0.1) is 0 Å². The maximum absolute atomic E-state index is 13.0. The first-order valence-electron chi connectivity index (χ1n) is 4.07. The summed E-state index contributed by atoms with van der Waals surface area (Å²) in [4.78, 5) is 10.6. The highest BCUT2D eigenvalue weighted by atomic mass is 19.1. The first-order chi connectivity index (χ1) is 6.20. The van der Waals surface area contributed by atoms with Gasteiger partial charge in [-0.25, -0.2) is 4.39 Å². The zero-order valence-electron chi connectivity index (χ0n) is 7.63. The molecule has 0 aliphatic carbocycles. The Kier molecular flexibility index (Phi) is 3.01. The monoisotopic (exact) mass is 182 g/mol. The van der Waals surface area contributed by atoms with Gasteiger partial charge in [0.2, 0.25) is 0 Å². The van der Waals surface area contributed by atoms with Crippen LogP contribution in [-0.4, -0.2) is 12.9 Å². The SMILES string of the molecule is CCOc1ccc(F)c(C)c1C=O. The van der Waals surface area contributed by atoms with E-state index in [0.717, 1.165) is 0 Å². The Bertz CT molecular complexity index is 321. The fraction of sp³-hybridized carbons (Fsp3) is 0.300. The molecule has 0 saturated carbocycles. The first-order valence-corrected chi connectivity index (χ1v) is 4.07. The summed E-state index contributed by atoms with van der Waals surface area (Å²) in [6.45, 7) is 3.83. The Hall–Kier alpha value is -1.38. The maximum Gasteiger partial charge on any atom is 0.154 e. The van der Waals surface area contributed by atoms with Crippen LogP contribution in [-0.2, 0) is 0 Å². The molecule has 0 unspecified atom stereocenters. The zero-order valence-corrected chi connectivity index (χ0v) is 7.63. The topological polar surface area (TPSA) is 26.3 Å². The Labute approximate surface area is 76.3 Å². The molecule has 0 aromatic heterocycles. The number of benzene rings is 1. The summed E-state index contributed by atoms with van der Waals surface area (Å²) in [6.07, 6.45) is 0.614. The van der Waals surface area contributed by atoms with Gasteiger partial charge in [-0.1, -0.05) is 0 Å². The van der Waals surface area contributed by atoms with Gasteiger partial charge in [-0.05, 0) is 31.5 Å². The Morgan fingerprint density at radius 1 is 1.54 bits per heavy atom. The lowest BCUT2D eigenvalue weighted by Gasteiger charge is -2.08. The molecule has 0 N–H and O–H groups in total. The summed E-state index contributed by atoms with van der Waals surface area (Å²) in [5, 5.41) is 0. The number of halogens is 1. The summed E-state index contributed by atoms with van der Waals surface area (Å²) >= 11 is 0. The van der Waals surface area contributed by atoms with E-state index >= 15 is 0 Å². The minimum atomic E-state index is -0.384. The van der Waals surface area contributed by atoms with Gasteiger partial charge >= 0.3 is 0 Å². The van der Waals surface area contributed by atoms with Gasteiger partial charge < -0.3 is 4.74 Å². The quantitative estimate of drug-likeness (QED) is 0.670. The molecule has 0 amide bonds. The van der Waals surface area contributed by atoms with E-state index in [9.17, 15) is 9.18 Å². The lowest BCUT2D eigenvalue weighted by molar-refractivity contribution is 0.111. The minimum Gasteiger partial charge on any atom is -0.493 e. The van der Waals surface area contributed by atoms with E-state index in [4.69, 9.17) is 4.74 Å². The number of carbonyl (C=O) groups is 1. The van der Waals surface area contributed by atoms with Gasteiger partial charge in [0.1, 0.15) is 11.6 Å². The third-order valence-electron chi connectivity index (χ3n) is 1.83. The largest absolute Gasteiger partial charge is 0.493 e. The van der Waals surface area contributed by atoms with E-state index in [-0.39, 0.29) is 5.82 Å². The Balaban J connectivity index is 3.21. The minimum absolute atomic E-state index is 0.293. The van der Waals surface area contributed by atoms with Gasteiger partial charge in [-0.2, -0.15) is 0 Å². The van der Waals surface area contributed by atoms with Crippen molar-refractivity contribution in [2.45, 2.75) is 13.8 Å². The average molecular weight is 182 g/mol. The summed E-state index contributed by atoms with van der Waals surface area (Å²) in [5.41, 5.74) is 0.628. The average Bonchev–Trinajstić information content (AvgIpc) is 2.12. The van der Waals surface area contributed by atoms with Crippen molar-refractivity contribution >= 4 is 6.29 Å². The van der Waals surface area contributed by atoms with Crippen LogP contribution in [0.1, 0.15) is 22.8 Å². The lowest BCUT2D eigenvalue weighted by atomic mass is 10.1. The second kappa shape index (κ2) is 4.03. The Morgan fingerprint density at radius 3 is 2.77 bits per heavy atom. The molecule has 0 saturated heterocycles. The highest BCUT2D eigenvalue weighted by Gasteiger charge is 2.09. The molecule has 0 bridgehead atoms. The van der Waals surface area contributed by atoms with Crippen molar-refractivity contribution in [2.75, 3.05) is 6.61 Å². The van der Waals surface area contributed by atoms with Crippen LogP contribution in [0, 0.1) is 12.7 Å². The molecule has 0 spiro atoms. The van der Waals surface area contributed by atoms with Crippen molar-refractivity contribution in [3.05, 3.63) is 29.1 Å². The fourth-order valence-corrected chi connectivity index (χ4v) is 1.10. The third-order valence-corrected chi connectivity index (χ3v) is 1.83. The number of aldehydes is 1. The normalized spacial score (nSPS) is 9.77. The summed E-state index contributed by atoms with van der Waals surface area (Å²) < 4.78 is 18.1. The molecule has 0 atom stereocenters. The molecule has 0 aliphatic rings. The zero-order chi connectivity index (χ0) is 9.84. The highest BCUT2D eigenvalue weighted by Crippen LogP contribution is 2.22. The number of hydrogen-bond acceptors (Lipinski definition) is 2. The number of hydrogen-bond donors (Lipinski definition) is 0. The second-order valence-electron chi connectivity index (χ2n) is 2.64. The maximum atomic E-state index is 13.0. The van der Waals surface area contributed by atoms with E-state index < -0.39 is 0 Å². The smallest absolute Gasteiger partial charge is 0.154 e. The standard InChI is InChI=1S/C10H11FO2/c1-3-13-10-5-4-9(11)7(2)8(10)6-12/h4-6H,3H2,1-2H3. The Morgan fingerprint density at radius 2 is 2.23 bits per heavy atom. The van der Waals surface area contributed by atoms with E-state index in [1.54, 1.807) is 6.92 Å². The molecule has 0 aliphatic heterocycles. The van der Waals surface area contributed by atoms with Crippen LogP contribution in [0.25, 0.3) is 0 Å². The van der Waals surface area contributed by atoms with Crippen molar-refractivity contribution < 1.29 is 13.9 Å². The van der Waals surface area contributed by atoms with E-state index in [1.165, 1.54) is 12.1 Å². The molecule has 0 radical (unpaired) electrons. The second-order valence-corrected chi connectivity index (χ2v) is 2.64. The van der Waals surface area contributed by atoms with Gasteiger partial charge in [0.05, 0.1) is 12.2 Å². The van der Waals surface area contributed by atoms with Crippen molar-refractivity contribution in [2.24, 2.45) is 0 Å². The molecule has 1 aromatic rings. The number of rotatable bonds is 3. The number of carbonyl (C=O) groups excluding carboxylic acids is 1. The van der Waals surface area contributed by atoms with E-state index in [2.05, 4.69) is 0 Å². The predicted molar refractivity (Wildman–Crippen MR) is 47.7 cm³/mol. The molecular weight excluding hydrogens is 171 g/mol. The third kappa shape index (κ3) is 1.86. The summed E-state index contributed by atoms with van der Waals surface area (Å²) in [7, 11) is 0. The van der Waals surface area contributed by atoms with Crippen LogP contribution in [0.15, 0.2) is 12.1 Å². The van der Waals surface area contributed by atoms with Gasteiger partial charge in [-0.3, -0.25) is 4.79 Å². The molecule has 13 heavy (non-hydrogen) atoms. The van der Waals surface area contributed by atoms with E-state index in [0.29, 0.717) is 29.8 Å². The molecule has 3 heteroatoms. The van der Waals surface area contributed by atoms with Crippen LogP contribution in [0.3, 0.4) is 0 Å². The van der Waals surface area contributed by atoms with Crippen LogP contribution in [0.4, 0.5) is 4.39 Å². The predicted octanol–water partition coefficient (Wildman–Crippen LogP) is 2.35. The summed E-state index contributed by atoms with van der Waals surface area (Å²) in [6, 6.07) is 2.77. The van der Waals surface area contributed by atoms with Crippen molar-refractivity contribution in [1.29, 1.82) is 0 Å². The van der Waals surface area contributed by atoms with Crippen LogP contribution < -0.4 is 4.74 Å². The first kappa shape index (κ1) is 9.71. The fourth-order valence-electron chi connectivity index (χ4n) is 1.10. The van der Waals surface area contributed by atoms with Crippen LogP contribution in [0.5, 0.6) is 5.75 Å². The van der Waals surface area contributed by atoms with Gasteiger partial charge in [0, 0.05) is 0 Å². The lowest BCUT2D eigenvalue weighted by Crippen LogP contribution is -1.99. The molecular formula is C10H11FO2. The van der Waals surface area contributed by atoms with Crippen molar-refractivity contribution in [3.63, 3.8) is 0 Å². The highest BCUT2D eigenvalue weighted by molar-refractivity contribution is 5.81. The molecule has 0 fully saturated rings. The molecule has 1 aromatic carbocycles. The summed E-state index contributed by atoms with van der Waals surface area (Å²) in [5.74, 6) is 0.0574. The van der Waals surface area contributed by atoms with E-state index in [1.807, 2.05) is 6.92 Å². The molecule has 70 valence electrons.